The Balaban J connectivity index is -0.0000000994. The van der Waals surface area contributed by atoms with Crippen molar-refractivity contribution in [3.8, 4) is 0 Å². The zero-order valence-electron chi connectivity index (χ0n) is 12.4. The molecule has 0 aliphatic rings. The molecule has 0 aromatic rings. The second kappa shape index (κ2) is 25.6. The van der Waals surface area contributed by atoms with Crippen LogP contribution in [0.3, 0.4) is 0 Å². The van der Waals surface area contributed by atoms with Crippen LogP contribution in [-0.4, -0.2) is 74.5 Å². The summed E-state index contributed by atoms with van der Waals surface area (Å²) in [4.78, 5) is 0. The molecule has 0 fully saturated rings. The van der Waals surface area contributed by atoms with Crippen LogP contribution < -0.4 is 0 Å². The summed E-state index contributed by atoms with van der Waals surface area (Å²) in [5.41, 5.74) is 0. The van der Waals surface area contributed by atoms with Crippen molar-refractivity contribution < 1.29 is 56.3 Å². The number of hydrogen-bond donors (Lipinski definition) is 5. The molecule has 5 N–H and O–H groups in total. The Morgan fingerprint density at radius 2 is 0.727 bits per heavy atom. The molecular formula is C6H20B4F4O8. The molecule has 0 heterocycles. The quantitative estimate of drug-likeness (QED) is 0.303. The van der Waals surface area contributed by atoms with E-state index >= 15 is 0 Å². The summed E-state index contributed by atoms with van der Waals surface area (Å²) in [7, 11) is -8.97. The maximum atomic E-state index is 11.0. The summed E-state index contributed by atoms with van der Waals surface area (Å²) in [6.45, 7) is 5.42. The minimum absolute atomic E-state index is 0.206. The van der Waals surface area contributed by atoms with Gasteiger partial charge in [-0.2, -0.15) is 0 Å². The van der Waals surface area contributed by atoms with Crippen molar-refractivity contribution in [2.24, 2.45) is 0 Å². The predicted molar refractivity (Wildman–Crippen MR) is 73.4 cm³/mol. The average molecular weight is 339 g/mol. The van der Waals surface area contributed by atoms with Gasteiger partial charge in [0.25, 0.3) is 0 Å². The van der Waals surface area contributed by atoms with Crippen LogP contribution in [-0.2, 0) is 14.0 Å². The monoisotopic (exact) mass is 340 g/mol. The van der Waals surface area contributed by atoms with Crippen molar-refractivity contribution in [3.63, 3.8) is 0 Å². The zero-order chi connectivity index (χ0) is 18.6. The van der Waals surface area contributed by atoms with E-state index in [0.29, 0.717) is 0 Å². The van der Waals surface area contributed by atoms with Crippen LogP contribution in [0.2, 0.25) is 0 Å². The van der Waals surface area contributed by atoms with Gasteiger partial charge in [-0.25, -0.2) is 0 Å². The van der Waals surface area contributed by atoms with Gasteiger partial charge in [0.15, 0.2) is 0 Å². The molecule has 0 bridgehead atoms. The average Bonchev–Trinajstić information content (AvgIpc) is 2.28. The minimum atomic E-state index is -2.67. The van der Waals surface area contributed by atoms with E-state index in [2.05, 4.69) is 14.0 Å². The molecule has 0 saturated heterocycles. The van der Waals surface area contributed by atoms with Gasteiger partial charge in [-0.1, -0.05) is 0 Å². The van der Waals surface area contributed by atoms with Crippen molar-refractivity contribution in [1.29, 1.82) is 0 Å². The fraction of sp³-hybridized carbons (Fsp3) is 1.00. The van der Waals surface area contributed by atoms with Gasteiger partial charge in [-0.15, -0.1) is 0 Å². The van der Waals surface area contributed by atoms with E-state index in [4.69, 9.17) is 25.1 Å². The molecule has 0 aromatic carbocycles. The van der Waals surface area contributed by atoms with Gasteiger partial charge < -0.3 is 39.1 Å². The minimum Gasteiger partial charge on any atom is -0.398 e. The van der Waals surface area contributed by atoms with Crippen LogP contribution in [0.25, 0.3) is 0 Å². The van der Waals surface area contributed by atoms with E-state index in [1.165, 1.54) is 0 Å². The topological polar surface area (TPSA) is 129 Å². The Kier molecular flexibility index (Phi) is 34.5. The predicted octanol–water partition coefficient (Wildman–Crippen LogP) is -1.17. The summed E-state index contributed by atoms with van der Waals surface area (Å²) in [5.74, 6) is 0. The van der Waals surface area contributed by atoms with Crippen LogP contribution in [0.4, 0.5) is 17.3 Å². The molecule has 132 valence electrons. The lowest BCUT2D eigenvalue weighted by atomic mass is 10.3. The van der Waals surface area contributed by atoms with E-state index in [1.54, 1.807) is 20.8 Å². The van der Waals surface area contributed by atoms with E-state index in [-0.39, 0.29) is 19.8 Å². The van der Waals surface area contributed by atoms with Gasteiger partial charge in [0, 0.05) is 19.8 Å². The fourth-order valence-electron chi connectivity index (χ4n) is 0.413. The van der Waals surface area contributed by atoms with E-state index in [9.17, 15) is 17.3 Å². The van der Waals surface area contributed by atoms with Crippen molar-refractivity contribution in [1.82, 2.24) is 0 Å². The van der Waals surface area contributed by atoms with Crippen molar-refractivity contribution >= 4 is 29.6 Å². The third-order valence-electron chi connectivity index (χ3n) is 0.913. The highest BCUT2D eigenvalue weighted by molar-refractivity contribution is 6.34. The smallest absolute Gasteiger partial charge is 0.398 e. The zero-order valence-corrected chi connectivity index (χ0v) is 12.4. The Morgan fingerprint density at radius 1 is 0.591 bits per heavy atom. The normalized spacial score (nSPS) is 8.18. The summed E-state index contributed by atoms with van der Waals surface area (Å²) >= 11 is 0. The molecular weight excluding hydrogens is 319 g/mol. The van der Waals surface area contributed by atoms with Crippen LogP contribution >= 0.6 is 0 Å². The first-order chi connectivity index (χ1) is 10.0. The van der Waals surface area contributed by atoms with Gasteiger partial charge in [-0.3, -0.25) is 17.3 Å². The van der Waals surface area contributed by atoms with E-state index in [1.807, 2.05) is 0 Å². The van der Waals surface area contributed by atoms with E-state index < -0.39 is 29.6 Å². The summed E-state index contributed by atoms with van der Waals surface area (Å²) in [6, 6.07) is 0. The fourth-order valence-corrected chi connectivity index (χ4v) is 0.413. The highest BCUT2D eigenvalue weighted by Gasteiger charge is 2.08. The SMILES string of the molecule is CCOB(O)F.CCOB(O)F.CCOB(O)F.OB(O)F. The molecule has 8 nitrogen and oxygen atoms in total. The third kappa shape index (κ3) is 91.3. The van der Waals surface area contributed by atoms with Gasteiger partial charge in [-0.05, 0) is 20.8 Å². The molecule has 0 spiro atoms. The molecule has 0 radical (unpaired) electrons. The molecule has 0 aliphatic carbocycles. The molecule has 0 aliphatic heterocycles. The maximum Gasteiger partial charge on any atom is 0.677 e. The second-order valence-electron chi connectivity index (χ2n) is 2.55. The molecule has 16 heteroatoms. The molecule has 0 amide bonds. The number of halogens is 4. The van der Waals surface area contributed by atoms with Gasteiger partial charge in [0.1, 0.15) is 0 Å². The maximum absolute atomic E-state index is 11.0. The van der Waals surface area contributed by atoms with E-state index in [0.717, 1.165) is 0 Å². The molecule has 22 heavy (non-hydrogen) atoms. The molecule has 0 atom stereocenters. The van der Waals surface area contributed by atoms with Crippen LogP contribution in [0.5, 0.6) is 0 Å². The molecule has 0 saturated carbocycles. The van der Waals surface area contributed by atoms with Crippen molar-refractivity contribution in [3.05, 3.63) is 0 Å². The lowest BCUT2D eigenvalue weighted by Gasteiger charge is -1.89. The Morgan fingerprint density at radius 3 is 0.727 bits per heavy atom. The Labute approximate surface area is 127 Å². The largest absolute Gasteiger partial charge is 0.677 e. The summed E-state index contributed by atoms with van der Waals surface area (Å²) < 4.78 is 55.0. The standard InChI is InChI=1S/3C2H6BFO2.BFH2O2/c3*1-2-6-3(4)5;2-1(3)4/h3*5H,2H2,1H3;3-4H. The first kappa shape index (κ1) is 29.6. The van der Waals surface area contributed by atoms with Crippen LogP contribution in [0.15, 0.2) is 0 Å². The first-order valence-electron chi connectivity index (χ1n) is 5.86. The van der Waals surface area contributed by atoms with Crippen molar-refractivity contribution in [2.45, 2.75) is 20.8 Å². The molecule has 0 unspecified atom stereocenters. The lowest BCUT2D eigenvalue weighted by Crippen LogP contribution is -2.09. The summed E-state index contributed by atoms with van der Waals surface area (Å²) in [6.07, 6.45) is 0. The summed E-state index contributed by atoms with van der Waals surface area (Å²) in [5, 5.41) is 36.9. The molecule has 0 rings (SSSR count). The second-order valence-corrected chi connectivity index (χ2v) is 2.55. The van der Waals surface area contributed by atoms with Gasteiger partial charge in [0.2, 0.25) is 0 Å². The number of hydrogen-bond acceptors (Lipinski definition) is 8. The Hall–Kier alpha value is -0.340. The third-order valence-corrected chi connectivity index (χ3v) is 0.913. The van der Waals surface area contributed by atoms with Gasteiger partial charge in [0.05, 0.1) is 0 Å². The van der Waals surface area contributed by atoms with Crippen LogP contribution in [0, 0.1) is 0 Å². The van der Waals surface area contributed by atoms with Gasteiger partial charge >= 0.3 is 29.6 Å². The van der Waals surface area contributed by atoms with Crippen molar-refractivity contribution in [2.75, 3.05) is 19.8 Å². The first-order valence-corrected chi connectivity index (χ1v) is 5.86. The Bertz CT molecular complexity index is 158. The number of rotatable bonds is 6. The lowest BCUT2D eigenvalue weighted by molar-refractivity contribution is 0.233. The van der Waals surface area contributed by atoms with Crippen LogP contribution in [0.1, 0.15) is 20.8 Å². The molecule has 0 aromatic heterocycles. The highest BCUT2D eigenvalue weighted by Crippen LogP contribution is 1.78. The highest BCUT2D eigenvalue weighted by atomic mass is 19.1.